The Hall–Kier alpha value is -1.60. The number of carboxylic acids is 1. The van der Waals surface area contributed by atoms with Gasteiger partial charge in [0.15, 0.2) is 0 Å². The maximum Gasteiger partial charge on any atom is 0.268 e. The van der Waals surface area contributed by atoms with Gasteiger partial charge in [-0.25, -0.2) is 0 Å². The third-order valence-corrected chi connectivity index (χ3v) is 3.88. The highest BCUT2D eigenvalue weighted by atomic mass is 32.2. The van der Waals surface area contributed by atoms with Crippen LogP contribution in [-0.2, 0) is 9.59 Å². The Balaban J connectivity index is 2.33. The van der Waals surface area contributed by atoms with Gasteiger partial charge in [0.2, 0.25) is 0 Å². The first-order valence-corrected chi connectivity index (χ1v) is 6.28. The molecule has 0 spiro atoms. The van der Waals surface area contributed by atoms with Gasteiger partial charge in [0.25, 0.3) is 5.91 Å². The van der Waals surface area contributed by atoms with E-state index in [4.69, 9.17) is 12.2 Å². The third-order valence-electron chi connectivity index (χ3n) is 2.42. The lowest BCUT2D eigenvalue weighted by atomic mass is 10.2. The molecule has 18 heavy (non-hydrogen) atoms. The maximum absolute atomic E-state index is 12.1. The van der Waals surface area contributed by atoms with Crippen LogP contribution in [0.25, 0.3) is 0 Å². The van der Waals surface area contributed by atoms with E-state index in [1.54, 1.807) is 30.3 Å². The molecule has 0 bridgehead atoms. The first-order valence-electron chi connectivity index (χ1n) is 5.06. The molecule has 0 aliphatic carbocycles. The number of nitrogens with zero attached hydrogens (tertiary/aromatic N) is 2. The van der Waals surface area contributed by atoms with Crippen molar-refractivity contribution in [2.45, 2.75) is 0 Å². The molecule has 1 amide bonds. The molecule has 0 aromatic heterocycles. The largest absolute Gasteiger partial charge is 0.548 e. The predicted molar refractivity (Wildman–Crippen MR) is 70.0 cm³/mol. The number of thioether (sulfide) groups is 1. The van der Waals surface area contributed by atoms with Crippen molar-refractivity contribution in [2.24, 2.45) is 0 Å². The molecule has 0 N–H and O–H groups in total. The van der Waals surface area contributed by atoms with Crippen LogP contribution in [0, 0.1) is 0 Å². The number of carbonyl (C=O) groups excluding carboxylic acids is 2. The summed E-state index contributed by atoms with van der Waals surface area (Å²) in [6, 6.07) is 0. The van der Waals surface area contributed by atoms with Crippen LogP contribution in [0.4, 0.5) is 0 Å². The average Bonchev–Trinajstić information content (AvgIpc) is 2.57. The van der Waals surface area contributed by atoms with Crippen molar-refractivity contribution in [3.8, 4) is 0 Å². The molecule has 0 saturated carbocycles. The van der Waals surface area contributed by atoms with Gasteiger partial charge < -0.3 is 14.8 Å². The maximum atomic E-state index is 12.1. The van der Waals surface area contributed by atoms with Gasteiger partial charge in [-0.3, -0.25) is 9.69 Å². The number of thiocarbonyl (C=S) groups is 1. The van der Waals surface area contributed by atoms with E-state index in [2.05, 4.69) is 0 Å². The Morgan fingerprint density at radius 3 is 2.83 bits per heavy atom. The SMILES string of the molecule is CN1C=CC=C/C1=C1/SC(=S)N(CC(=O)[O-])C1=O. The minimum Gasteiger partial charge on any atom is -0.548 e. The lowest BCUT2D eigenvalue weighted by molar-refractivity contribution is -0.305. The van der Waals surface area contributed by atoms with Crippen molar-refractivity contribution < 1.29 is 14.7 Å². The second-order valence-electron chi connectivity index (χ2n) is 3.66. The van der Waals surface area contributed by atoms with Gasteiger partial charge in [-0.1, -0.05) is 30.1 Å². The van der Waals surface area contributed by atoms with Crippen LogP contribution in [0.5, 0.6) is 0 Å². The molecular formula is C11H9N2O3S2-. The molecule has 94 valence electrons. The van der Waals surface area contributed by atoms with Crippen LogP contribution < -0.4 is 5.11 Å². The number of likely N-dealkylation sites (N-methyl/N-ethyl adjacent to an activating group) is 1. The van der Waals surface area contributed by atoms with Gasteiger partial charge in [-0.2, -0.15) is 0 Å². The van der Waals surface area contributed by atoms with E-state index in [9.17, 15) is 14.7 Å². The zero-order chi connectivity index (χ0) is 13.3. The lowest BCUT2D eigenvalue weighted by Gasteiger charge is -2.19. The average molecular weight is 281 g/mol. The Labute approximate surface area is 113 Å². The summed E-state index contributed by atoms with van der Waals surface area (Å²) in [7, 11) is 1.81. The van der Waals surface area contributed by atoms with Crippen LogP contribution >= 0.6 is 24.0 Å². The number of aliphatic carboxylic acids is 1. The molecule has 1 fully saturated rings. The molecule has 1 saturated heterocycles. The second kappa shape index (κ2) is 4.95. The standard InChI is InChI=1S/C11H10N2O3S2/c1-12-5-3-2-4-7(12)9-10(16)13(6-8(14)15)11(17)18-9/h2-5H,6H2,1H3,(H,14,15)/p-1/b9-7-. The molecular weight excluding hydrogens is 272 g/mol. The van der Waals surface area contributed by atoms with Gasteiger partial charge >= 0.3 is 0 Å². The highest BCUT2D eigenvalue weighted by Crippen LogP contribution is 2.35. The van der Waals surface area contributed by atoms with Crippen LogP contribution in [0.1, 0.15) is 0 Å². The van der Waals surface area contributed by atoms with Gasteiger partial charge in [-0.15, -0.1) is 0 Å². The highest BCUT2D eigenvalue weighted by Gasteiger charge is 2.34. The van der Waals surface area contributed by atoms with Gasteiger partial charge in [0.1, 0.15) is 9.23 Å². The number of hydrogen-bond donors (Lipinski definition) is 0. The third kappa shape index (κ3) is 2.32. The molecule has 2 heterocycles. The molecule has 0 radical (unpaired) electrons. The number of amides is 1. The van der Waals surface area contributed by atoms with E-state index < -0.39 is 18.4 Å². The van der Waals surface area contributed by atoms with E-state index in [1.165, 1.54) is 0 Å². The van der Waals surface area contributed by atoms with E-state index in [0.717, 1.165) is 16.7 Å². The molecule has 2 rings (SSSR count). The van der Waals surface area contributed by atoms with Crippen molar-refractivity contribution in [3.63, 3.8) is 0 Å². The minimum atomic E-state index is -1.33. The van der Waals surface area contributed by atoms with E-state index in [1.807, 2.05) is 6.08 Å². The van der Waals surface area contributed by atoms with Crippen LogP contribution in [-0.4, -0.2) is 39.6 Å². The van der Waals surface area contributed by atoms with Gasteiger partial charge in [-0.05, 0) is 12.2 Å². The first kappa shape index (κ1) is 12.8. The Morgan fingerprint density at radius 2 is 2.22 bits per heavy atom. The molecule has 0 aromatic carbocycles. The van der Waals surface area contributed by atoms with Gasteiger partial charge in [0.05, 0.1) is 18.2 Å². The Morgan fingerprint density at radius 1 is 1.50 bits per heavy atom. The fraction of sp³-hybridized carbons (Fsp3) is 0.182. The Bertz CT molecular complexity index is 522. The fourth-order valence-electron chi connectivity index (χ4n) is 1.58. The number of hydrogen-bond acceptors (Lipinski definition) is 6. The quantitative estimate of drug-likeness (QED) is 0.517. The highest BCUT2D eigenvalue weighted by molar-refractivity contribution is 8.26. The van der Waals surface area contributed by atoms with Crippen molar-refractivity contribution in [1.82, 2.24) is 9.80 Å². The molecule has 0 aromatic rings. The van der Waals surface area contributed by atoms with Crippen LogP contribution in [0.2, 0.25) is 0 Å². The van der Waals surface area contributed by atoms with Crippen LogP contribution in [0.3, 0.4) is 0 Å². The Kier molecular flexibility index (Phi) is 3.53. The zero-order valence-corrected chi connectivity index (χ0v) is 11.1. The normalized spacial score (nSPS) is 23.2. The monoisotopic (exact) mass is 281 g/mol. The molecule has 2 aliphatic rings. The molecule has 2 aliphatic heterocycles. The second-order valence-corrected chi connectivity index (χ2v) is 5.30. The summed E-state index contributed by atoms with van der Waals surface area (Å²) in [4.78, 5) is 25.9. The lowest BCUT2D eigenvalue weighted by Crippen LogP contribution is -2.40. The summed E-state index contributed by atoms with van der Waals surface area (Å²) in [5.74, 6) is -1.72. The molecule has 0 unspecified atom stereocenters. The summed E-state index contributed by atoms with van der Waals surface area (Å²) >= 11 is 6.11. The number of allylic oxidation sites excluding steroid dienone is 3. The van der Waals surface area contributed by atoms with E-state index in [0.29, 0.717) is 10.6 Å². The van der Waals surface area contributed by atoms with Crippen molar-refractivity contribution >= 4 is 40.2 Å². The summed E-state index contributed by atoms with van der Waals surface area (Å²) in [5, 5.41) is 10.6. The minimum absolute atomic E-state index is 0.239. The van der Waals surface area contributed by atoms with Crippen LogP contribution in [0.15, 0.2) is 35.0 Å². The summed E-state index contributed by atoms with van der Waals surface area (Å²) in [5.41, 5.74) is 0.704. The topological polar surface area (TPSA) is 63.7 Å². The van der Waals surface area contributed by atoms with Gasteiger partial charge in [0, 0.05) is 13.2 Å². The van der Waals surface area contributed by atoms with Crippen molar-refractivity contribution in [1.29, 1.82) is 0 Å². The first-order chi connectivity index (χ1) is 8.50. The summed E-state index contributed by atoms with van der Waals surface area (Å²) < 4.78 is 0.239. The smallest absolute Gasteiger partial charge is 0.268 e. The van der Waals surface area contributed by atoms with E-state index in [-0.39, 0.29) is 4.32 Å². The zero-order valence-electron chi connectivity index (χ0n) is 9.45. The molecule has 7 heteroatoms. The number of rotatable bonds is 2. The fourth-order valence-corrected chi connectivity index (χ4v) is 2.92. The summed E-state index contributed by atoms with van der Waals surface area (Å²) in [6.07, 6.45) is 7.23. The molecule has 0 atom stereocenters. The van der Waals surface area contributed by atoms with Crippen molar-refractivity contribution in [3.05, 3.63) is 35.0 Å². The number of carboxylic acid groups (broad SMARTS) is 1. The van der Waals surface area contributed by atoms with Crippen molar-refractivity contribution in [2.75, 3.05) is 13.6 Å². The predicted octanol–water partition coefficient (Wildman–Crippen LogP) is -0.177. The number of carbonyl (C=O) groups is 2. The summed E-state index contributed by atoms with van der Waals surface area (Å²) in [6.45, 7) is -0.509. The van der Waals surface area contributed by atoms with E-state index >= 15 is 0 Å². The molecule has 5 nitrogen and oxygen atoms in total.